The van der Waals surface area contributed by atoms with Gasteiger partial charge in [0.05, 0.1) is 21.3 Å². The minimum atomic E-state index is -0.474. The molecule has 6 nitrogen and oxygen atoms in total. The Morgan fingerprint density at radius 2 is 1.69 bits per heavy atom. The second kappa shape index (κ2) is 9.98. The lowest BCUT2D eigenvalue weighted by atomic mass is 10.1. The van der Waals surface area contributed by atoms with Crippen molar-refractivity contribution in [2.45, 2.75) is 6.61 Å². The summed E-state index contributed by atoms with van der Waals surface area (Å²) in [7, 11) is 4.68. The molecule has 0 heterocycles. The van der Waals surface area contributed by atoms with Gasteiger partial charge in [0.1, 0.15) is 6.61 Å². The molecule has 0 saturated heterocycles. The molecule has 0 saturated carbocycles. The molecule has 138 valence electrons. The molecule has 2 aromatic rings. The number of alkyl carbamates (subject to hydrolysis) is 1. The molecule has 6 heteroatoms. The molecule has 2 aromatic carbocycles. The Kier molecular flexibility index (Phi) is 7.36. The number of hydrogen-bond acceptors (Lipinski definition) is 5. The van der Waals surface area contributed by atoms with E-state index >= 15 is 0 Å². The van der Waals surface area contributed by atoms with E-state index in [1.165, 1.54) is 0 Å². The Hall–Kier alpha value is -3.15. The molecule has 26 heavy (non-hydrogen) atoms. The van der Waals surface area contributed by atoms with Crippen LogP contribution in [-0.2, 0) is 11.3 Å². The van der Waals surface area contributed by atoms with Gasteiger partial charge in [0.2, 0.25) is 5.75 Å². The van der Waals surface area contributed by atoms with Crippen molar-refractivity contribution >= 4 is 12.2 Å². The lowest BCUT2D eigenvalue weighted by Gasteiger charge is -2.14. The number of carbonyl (C=O) groups excluding carboxylic acids is 1. The van der Waals surface area contributed by atoms with Gasteiger partial charge in [-0.05, 0) is 17.7 Å². The van der Waals surface area contributed by atoms with E-state index in [4.69, 9.17) is 18.9 Å². The van der Waals surface area contributed by atoms with Gasteiger partial charge in [0.15, 0.2) is 11.5 Å². The molecule has 0 atom stereocenters. The fourth-order valence-corrected chi connectivity index (χ4v) is 2.36. The third-order valence-corrected chi connectivity index (χ3v) is 3.61. The Labute approximate surface area is 153 Å². The second-order valence-corrected chi connectivity index (χ2v) is 5.27. The molecule has 0 fully saturated rings. The zero-order valence-corrected chi connectivity index (χ0v) is 15.2. The van der Waals surface area contributed by atoms with E-state index in [1.807, 2.05) is 42.5 Å². The summed E-state index contributed by atoms with van der Waals surface area (Å²) >= 11 is 0. The van der Waals surface area contributed by atoms with Crippen LogP contribution in [0.15, 0.2) is 48.5 Å². The van der Waals surface area contributed by atoms with E-state index in [0.29, 0.717) is 23.8 Å². The van der Waals surface area contributed by atoms with E-state index in [1.54, 1.807) is 33.5 Å². The minimum absolute atomic E-state index is 0.236. The number of amides is 1. The zero-order chi connectivity index (χ0) is 18.8. The van der Waals surface area contributed by atoms with E-state index < -0.39 is 6.09 Å². The lowest BCUT2D eigenvalue weighted by molar-refractivity contribution is 0.141. The molecule has 1 amide bonds. The van der Waals surface area contributed by atoms with Gasteiger partial charge in [0, 0.05) is 12.1 Å². The topological polar surface area (TPSA) is 66.0 Å². The summed E-state index contributed by atoms with van der Waals surface area (Å²) in [5, 5.41) is 2.67. The van der Waals surface area contributed by atoms with Crippen LogP contribution in [0.5, 0.6) is 17.2 Å². The number of benzene rings is 2. The number of carbonyl (C=O) groups is 1. The van der Waals surface area contributed by atoms with E-state index in [-0.39, 0.29) is 6.61 Å². The lowest BCUT2D eigenvalue weighted by Crippen LogP contribution is -2.24. The van der Waals surface area contributed by atoms with Crippen LogP contribution in [0, 0.1) is 0 Å². The molecule has 2 rings (SSSR count). The van der Waals surface area contributed by atoms with Crippen LogP contribution in [0.1, 0.15) is 11.1 Å². The van der Waals surface area contributed by atoms with E-state index in [9.17, 15) is 4.79 Å². The maximum absolute atomic E-state index is 11.7. The number of nitrogens with one attached hydrogen (secondary N) is 1. The quantitative estimate of drug-likeness (QED) is 0.781. The van der Waals surface area contributed by atoms with Crippen molar-refractivity contribution in [1.82, 2.24) is 5.32 Å². The summed E-state index contributed by atoms with van der Waals surface area (Å²) in [5.41, 5.74) is 1.75. The molecule has 0 unspecified atom stereocenters. The highest BCUT2D eigenvalue weighted by molar-refractivity contribution is 5.69. The molecule has 0 bridgehead atoms. The summed E-state index contributed by atoms with van der Waals surface area (Å²) in [5.74, 6) is 1.67. The maximum Gasteiger partial charge on any atom is 0.407 e. The third-order valence-electron chi connectivity index (χ3n) is 3.61. The van der Waals surface area contributed by atoms with Crippen LogP contribution in [0.25, 0.3) is 6.08 Å². The summed E-state index contributed by atoms with van der Waals surface area (Å²) in [4.78, 5) is 11.7. The van der Waals surface area contributed by atoms with Gasteiger partial charge in [-0.15, -0.1) is 0 Å². The third kappa shape index (κ3) is 5.17. The van der Waals surface area contributed by atoms with Crippen molar-refractivity contribution in [3.05, 3.63) is 59.7 Å². The van der Waals surface area contributed by atoms with Crippen LogP contribution in [0.2, 0.25) is 0 Å². The van der Waals surface area contributed by atoms with E-state index in [2.05, 4.69) is 5.32 Å². The van der Waals surface area contributed by atoms with Gasteiger partial charge >= 0.3 is 6.09 Å². The van der Waals surface area contributed by atoms with Gasteiger partial charge in [-0.2, -0.15) is 0 Å². The average molecular weight is 357 g/mol. The molecule has 0 spiro atoms. The fraction of sp³-hybridized carbons (Fsp3) is 0.250. The highest BCUT2D eigenvalue weighted by Gasteiger charge is 2.13. The Morgan fingerprint density at radius 3 is 2.35 bits per heavy atom. The summed E-state index contributed by atoms with van der Waals surface area (Å²) in [6.07, 6.45) is 3.16. The van der Waals surface area contributed by atoms with Crippen LogP contribution < -0.4 is 19.5 Å². The smallest absolute Gasteiger partial charge is 0.407 e. The first-order chi connectivity index (χ1) is 12.7. The van der Waals surface area contributed by atoms with Crippen molar-refractivity contribution < 1.29 is 23.7 Å². The predicted octanol–water partition coefficient (Wildman–Crippen LogP) is 3.65. The maximum atomic E-state index is 11.7. The molecular weight excluding hydrogens is 334 g/mol. The van der Waals surface area contributed by atoms with Gasteiger partial charge in [-0.3, -0.25) is 0 Å². The zero-order valence-electron chi connectivity index (χ0n) is 15.2. The number of ether oxygens (including phenoxy) is 4. The van der Waals surface area contributed by atoms with Crippen molar-refractivity contribution in [2.24, 2.45) is 0 Å². The van der Waals surface area contributed by atoms with Crippen molar-refractivity contribution in [3.63, 3.8) is 0 Å². The summed E-state index contributed by atoms with van der Waals surface area (Å²) in [6, 6.07) is 13.2. The first kappa shape index (κ1) is 19.2. The van der Waals surface area contributed by atoms with Crippen LogP contribution in [0.4, 0.5) is 4.79 Å². The van der Waals surface area contributed by atoms with Crippen LogP contribution >= 0.6 is 0 Å². The van der Waals surface area contributed by atoms with Crippen LogP contribution in [-0.4, -0.2) is 34.0 Å². The minimum Gasteiger partial charge on any atom is -0.493 e. The molecule has 0 aliphatic rings. The largest absolute Gasteiger partial charge is 0.493 e. The number of rotatable bonds is 8. The standard InChI is InChI=1S/C20H23NO5/c1-23-17-12-11-16(18(24-2)19(17)25-3)10-7-13-21-20(22)26-14-15-8-5-4-6-9-15/h4-12H,13-14H2,1-3H3,(H,21,22). The number of methoxy groups -OCH3 is 3. The molecule has 0 aliphatic heterocycles. The normalized spacial score (nSPS) is 10.4. The van der Waals surface area contributed by atoms with E-state index in [0.717, 1.165) is 11.1 Å². The van der Waals surface area contributed by atoms with Crippen molar-refractivity contribution in [3.8, 4) is 17.2 Å². The average Bonchev–Trinajstić information content (AvgIpc) is 2.69. The van der Waals surface area contributed by atoms with Gasteiger partial charge in [0.25, 0.3) is 0 Å². The van der Waals surface area contributed by atoms with Gasteiger partial charge in [-0.1, -0.05) is 42.5 Å². The first-order valence-corrected chi connectivity index (χ1v) is 8.09. The first-order valence-electron chi connectivity index (χ1n) is 8.09. The second-order valence-electron chi connectivity index (χ2n) is 5.27. The molecule has 0 aromatic heterocycles. The number of hydrogen-bond donors (Lipinski definition) is 1. The van der Waals surface area contributed by atoms with Gasteiger partial charge < -0.3 is 24.3 Å². The Morgan fingerprint density at radius 1 is 0.962 bits per heavy atom. The molecule has 0 aliphatic carbocycles. The van der Waals surface area contributed by atoms with Crippen LogP contribution in [0.3, 0.4) is 0 Å². The van der Waals surface area contributed by atoms with Crippen molar-refractivity contribution in [1.29, 1.82) is 0 Å². The predicted molar refractivity (Wildman–Crippen MR) is 99.8 cm³/mol. The molecule has 0 radical (unpaired) electrons. The highest BCUT2D eigenvalue weighted by Crippen LogP contribution is 2.40. The molecular formula is C20H23NO5. The monoisotopic (exact) mass is 357 g/mol. The summed E-state index contributed by atoms with van der Waals surface area (Å²) in [6.45, 7) is 0.561. The Balaban J connectivity index is 1.89. The molecule has 1 N–H and O–H groups in total. The van der Waals surface area contributed by atoms with Crippen molar-refractivity contribution in [2.75, 3.05) is 27.9 Å². The SMILES string of the molecule is COc1ccc(C=CCNC(=O)OCc2ccccc2)c(OC)c1OC. The highest BCUT2D eigenvalue weighted by atomic mass is 16.5. The fourth-order valence-electron chi connectivity index (χ4n) is 2.36. The summed E-state index contributed by atoms with van der Waals surface area (Å²) < 4.78 is 21.1. The Bertz CT molecular complexity index is 743. The van der Waals surface area contributed by atoms with Gasteiger partial charge in [-0.25, -0.2) is 4.79 Å².